The van der Waals surface area contributed by atoms with Crippen LogP contribution in [0.1, 0.15) is 13.3 Å². The van der Waals surface area contributed by atoms with Crippen molar-refractivity contribution >= 4 is 11.6 Å². The van der Waals surface area contributed by atoms with Gasteiger partial charge in [-0.1, -0.05) is 0 Å². The highest BCUT2D eigenvalue weighted by molar-refractivity contribution is 5.96. The molecule has 1 atom stereocenters. The fourth-order valence-electron chi connectivity index (χ4n) is 1.97. The fraction of sp³-hybridized carbons (Fsp3) is 0.385. The summed E-state index contributed by atoms with van der Waals surface area (Å²) in [6, 6.07) is 6.46. The first kappa shape index (κ1) is 12.4. The summed E-state index contributed by atoms with van der Waals surface area (Å²) in [6.45, 7) is 2.48. The van der Waals surface area contributed by atoms with Crippen LogP contribution in [0, 0.1) is 23.1 Å². The molecule has 0 N–H and O–H groups in total. The molecule has 1 aromatic rings. The van der Waals surface area contributed by atoms with Crippen LogP contribution in [-0.2, 0) is 4.79 Å². The maximum atomic E-state index is 13.7. The molecule has 94 valence electrons. The third-order valence-electron chi connectivity index (χ3n) is 2.83. The number of halogens is 1. The number of rotatable bonds is 3. The molecule has 0 bridgehead atoms. The largest absolute Gasteiger partial charge is 0.491 e. The second-order valence-electron chi connectivity index (χ2n) is 4.08. The normalized spacial score (nSPS) is 18.8. The van der Waals surface area contributed by atoms with Gasteiger partial charge in [-0.15, -0.1) is 0 Å². The number of ether oxygens (including phenoxy) is 1. The number of hydrogen-bond acceptors (Lipinski definition) is 3. The molecule has 1 unspecified atom stereocenters. The highest BCUT2D eigenvalue weighted by Gasteiger charge is 2.30. The third kappa shape index (κ3) is 2.28. The van der Waals surface area contributed by atoms with E-state index in [1.54, 1.807) is 13.0 Å². The number of nitriles is 1. The molecule has 0 radical (unpaired) electrons. The van der Waals surface area contributed by atoms with Gasteiger partial charge < -0.3 is 9.64 Å². The smallest absolute Gasteiger partial charge is 0.228 e. The van der Waals surface area contributed by atoms with Gasteiger partial charge in [0.25, 0.3) is 0 Å². The molecule has 4 nitrogen and oxygen atoms in total. The van der Waals surface area contributed by atoms with Crippen molar-refractivity contribution in [1.82, 2.24) is 0 Å². The van der Waals surface area contributed by atoms with Crippen molar-refractivity contribution in [1.29, 1.82) is 5.26 Å². The summed E-state index contributed by atoms with van der Waals surface area (Å²) in [5, 5.41) is 8.79. The minimum atomic E-state index is -0.498. The average molecular weight is 248 g/mol. The van der Waals surface area contributed by atoms with Gasteiger partial charge in [0.2, 0.25) is 5.91 Å². The van der Waals surface area contributed by atoms with E-state index < -0.39 is 5.82 Å². The van der Waals surface area contributed by atoms with Gasteiger partial charge in [-0.05, 0) is 19.1 Å². The van der Waals surface area contributed by atoms with Crippen molar-refractivity contribution < 1.29 is 13.9 Å². The molecule has 18 heavy (non-hydrogen) atoms. The van der Waals surface area contributed by atoms with Crippen molar-refractivity contribution in [3.05, 3.63) is 24.0 Å². The standard InChI is InChI=1S/C13H13FN2O2/c1-2-18-12-4-3-10(6-11(12)14)16-8-9(7-15)5-13(16)17/h3-4,6,9H,2,5,8H2,1H3. The van der Waals surface area contributed by atoms with Crippen molar-refractivity contribution in [3.63, 3.8) is 0 Å². The van der Waals surface area contributed by atoms with Crippen molar-refractivity contribution in [2.24, 2.45) is 5.92 Å². The molecule has 1 saturated heterocycles. The van der Waals surface area contributed by atoms with Crippen LogP contribution in [0.5, 0.6) is 5.75 Å². The Balaban J connectivity index is 2.22. The highest BCUT2D eigenvalue weighted by atomic mass is 19.1. The lowest BCUT2D eigenvalue weighted by atomic mass is 10.1. The maximum Gasteiger partial charge on any atom is 0.228 e. The molecule has 2 rings (SSSR count). The fourth-order valence-corrected chi connectivity index (χ4v) is 1.97. The number of nitrogens with zero attached hydrogens (tertiary/aromatic N) is 2. The first-order valence-electron chi connectivity index (χ1n) is 5.78. The minimum Gasteiger partial charge on any atom is -0.491 e. The molecule has 0 aliphatic carbocycles. The van der Waals surface area contributed by atoms with Gasteiger partial charge in [0, 0.05) is 24.7 Å². The summed E-state index contributed by atoms with van der Waals surface area (Å²) in [5.74, 6) is -0.787. The average Bonchev–Trinajstić information content (AvgIpc) is 2.73. The van der Waals surface area contributed by atoms with E-state index in [2.05, 4.69) is 6.07 Å². The van der Waals surface area contributed by atoms with E-state index >= 15 is 0 Å². The van der Waals surface area contributed by atoms with Crippen LogP contribution >= 0.6 is 0 Å². The zero-order chi connectivity index (χ0) is 13.1. The Morgan fingerprint density at radius 1 is 1.61 bits per heavy atom. The Bertz CT molecular complexity index is 510. The Morgan fingerprint density at radius 3 is 2.94 bits per heavy atom. The predicted molar refractivity (Wildman–Crippen MR) is 63.6 cm³/mol. The topological polar surface area (TPSA) is 53.3 Å². The molecule has 0 aromatic heterocycles. The Kier molecular flexibility index (Phi) is 3.47. The van der Waals surface area contributed by atoms with E-state index in [9.17, 15) is 9.18 Å². The zero-order valence-corrected chi connectivity index (χ0v) is 10.0. The Labute approximate surface area is 105 Å². The first-order valence-corrected chi connectivity index (χ1v) is 5.78. The van der Waals surface area contributed by atoms with E-state index in [4.69, 9.17) is 10.00 Å². The van der Waals surface area contributed by atoms with Gasteiger partial charge in [0.15, 0.2) is 11.6 Å². The SMILES string of the molecule is CCOc1ccc(N2CC(C#N)CC2=O)cc1F. The molecule has 1 amide bonds. The lowest BCUT2D eigenvalue weighted by Crippen LogP contribution is -2.24. The van der Waals surface area contributed by atoms with Crippen molar-refractivity contribution in [3.8, 4) is 11.8 Å². The number of amides is 1. The first-order chi connectivity index (χ1) is 8.65. The molecule has 5 heteroatoms. The number of carbonyl (C=O) groups excluding carboxylic acids is 1. The second-order valence-corrected chi connectivity index (χ2v) is 4.08. The van der Waals surface area contributed by atoms with Gasteiger partial charge >= 0.3 is 0 Å². The number of carbonyl (C=O) groups is 1. The summed E-state index contributed by atoms with van der Waals surface area (Å²) < 4.78 is 18.8. The molecule has 1 aliphatic heterocycles. The zero-order valence-electron chi connectivity index (χ0n) is 10.0. The number of benzene rings is 1. The molecule has 1 heterocycles. The summed E-state index contributed by atoms with van der Waals surface area (Å²) in [5.41, 5.74) is 0.471. The summed E-state index contributed by atoms with van der Waals surface area (Å²) in [6.07, 6.45) is 0.200. The lowest BCUT2D eigenvalue weighted by Gasteiger charge is -2.16. The van der Waals surface area contributed by atoms with E-state index in [0.717, 1.165) is 0 Å². The van der Waals surface area contributed by atoms with Crippen LogP contribution in [0.3, 0.4) is 0 Å². The highest BCUT2D eigenvalue weighted by Crippen LogP contribution is 2.28. The van der Waals surface area contributed by atoms with Crippen LogP contribution in [0.15, 0.2) is 18.2 Å². The Morgan fingerprint density at radius 2 is 2.39 bits per heavy atom. The molecular formula is C13H13FN2O2. The van der Waals surface area contributed by atoms with Gasteiger partial charge in [-0.3, -0.25) is 4.79 Å². The van der Waals surface area contributed by atoms with Crippen LogP contribution < -0.4 is 9.64 Å². The van der Waals surface area contributed by atoms with E-state index in [0.29, 0.717) is 18.8 Å². The predicted octanol–water partition coefficient (Wildman–Crippen LogP) is 2.10. The van der Waals surface area contributed by atoms with E-state index in [1.165, 1.54) is 17.0 Å². The molecular weight excluding hydrogens is 235 g/mol. The second kappa shape index (κ2) is 5.05. The summed E-state index contributed by atoms with van der Waals surface area (Å²) in [4.78, 5) is 13.1. The quantitative estimate of drug-likeness (QED) is 0.823. The molecule has 1 aliphatic rings. The van der Waals surface area contributed by atoms with E-state index in [1.807, 2.05) is 0 Å². The van der Waals surface area contributed by atoms with Crippen LogP contribution in [0.25, 0.3) is 0 Å². The van der Waals surface area contributed by atoms with Crippen LogP contribution in [-0.4, -0.2) is 19.1 Å². The van der Waals surface area contributed by atoms with Crippen molar-refractivity contribution in [2.45, 2.75) is 13.3 Å². The van der Waals surface area contributed by atoms with Crippen molar-refractivity contribution in [2.75, 3.05) is 18.1 Å². The van der Waals surface area contributed by atoms with Gasteiger partial charge in [-0.25, -0.2) is 4.39 Å². The summed E-state index contributed by atoms with van der Waals surface area (Å²) in [7, 11) is 0. The minimum absolute atomic E-state index is 0.148. The molecule has 0 saturated carbocycles. The molecule has 1 fully saturated rings. The summed E-state index contributed by atoms with van der Waals surface area (Å²) >= 11 is 0. The van der Waals surface area contributed by atoms with Crippen LogP contribution in [0.2, 0.25) is 0 Å². The molecule has 1 aromatic carbocycles. The van der Waals surface area contributed by atoms with E-state index in [-0.39, 0.29) is 24.0 Å². The molecule has 0 spiro atoms. The lowest BCUT2D eigenvalue weighted by molar-refractivity contribution is -0.117. The Hall–Kier alpha value is -2.09. The van der Waals surface area contributed by atoms with Gasteiger partial charge in [0.05, 0.1) is 18.6 Å². The van der Waals surface area contributed by atoms with Crippen LogP contribution in [0.4, 0.5) is 10.1 Å². The third-order valence-corrected chi connectivity index (χ3v) is 2.83. The van der Waals surface area contributed by atoms with Gasteiger partial charge in [-0.2, -0.15) is 5.26 Å². The monoisotopic (exact) mass is 248 g/mol. The maximum absolute atomic E-state index is 13.7. The van der Waals surface area contributed by atoms with Gasteiger partial charge in [0.1, 0.15) is 0 Å². The number of hydrogen-bond donors (Lipinski definition) is 0. The number of anilines is 1.